The highest BCUT2D eigenvalue weighted by molar-refractivity contribution is 5.85. The van der Waals surface area contributed by atoms with Crippen LogP contribution in [0.1, 0.15) is 23.1 Å². The van der Waals surface area contributed by atoms with Gasteiger partial charge in [-0.05, 0) is 55.1 Å². The number of carbonyl (C=O) groups excluding carboxylic acids is 1. The van der Waals surface area contributed by atoms with E-state index in [1.165, 1.54) is 12.0 Å². The molecule has 1 atom stereocenters. The van der Waals surface area contributed by atoms with Gasteiger partial charge in [0.25, 0.3) is 0 Å². The highest BCUT2D eigenvalue weighted by atomic mass is 35.5. The van der Waals surface area contributed by atoms with Gasteiger partial charge in [-0.15, -0.1) is 12.4 Å². The number of nitrogens with zero attached hydrogens (tertiary/aromatic N) is 2. The van der Waals surface area contributed by atoms with E-state index in [0.29, 0.717) is 13.0 Å². The maximum atomic E-state index is 12.3. The Hall–Kier alpha value is -2.83. The zero-order chi connectivity index (χ0) is 20.8. The van der Waals surface area contributed by atoms with Crippen LogP contribution in [0.2, 0.25) is 0 Å². The highest BCUT2D eigenvalue weighted by Crippen LogP contribution is 2.17. The van der Waals surface area contributed by atoms with E-state index in [1.54, 1.807) is 18.0 Å². The highest BCUT2D eigenvalue weighted by Gasteiger charge is 2.14. The summed E-state index contributed by atoms with van der Waals surface area (Å²) in [6.07, 6.45) is 6.43. The SMILES string of the molecule is COc1cccc(-n2cc(CNC(=O)Cc3ccc(CC4CCNC4)cc3)cn2)c1.Cl. The van der Waals surface area contributed by atoms with Crippen molar-refractivity contribution in [2.75, 3.05) is 20.2 Å². The normalized spacial score (nSPS) is 15.3. The Morgan fingerprint density at radius 1 is 1.19 bits per heavy atom. The number of rotatable bonds is 8. The summed E-state index contributed by atoms with van der Waals surface area (Å²) in [7, 11) is 1.64. The topological polar surface area (TPSA) is 68.2 Å². The van der Waals surface area contributed by atoms with Crippen molar-refractivity contribution < 1.29 is 9.53 Å². The Morgan fingerprint density at radius 2 is 2.00 bits per heavy atom. The van der Waals surface area contributed by atoms with Crippen molar-refractivity contribution in [1.29, 1.82) is 0 Å². The number of carbonyl (C=O) groups is 1. The van der Waals surface area contributed by atoms with Gasteiger partial charge in [-0.1, -0.05) is 30.3 Å². The summed E-state index contributed by atoms with van der Waals surface area (Å²) >= 11 is 0. The summed E-state index contributed by atoms with van der Waals surface area (Å²) < 4.78 is 7.04. The molecule has 7 heteroatoms. The van der Waals surface area contributed by atoms with E-state index >= 15 is 0 Å². The second-order valence-electron chi connectivity index (χ2n) is 7.83. The van der Waals surface area contributed by atoms with Crippen molar-refractivity contribution in [1.82, 2.24) is 20.4 Å². The molecule has 3 aromatic rings. The van der Waals surface area contributed by atoms with E-state index in [2.05, 4.69) is 40.0 Å². The maximum absolute atomic E-state index is 12.3. The van der Waals surface area contributed by atoms with Crippen LogP contribution in [0.15, 0.2) is 60.9 Å². The van der Waals surface area contributed by atoms with Crippen molar-refractivity contribution >= 4 is 18.3 Å². The van der Waals surface area contributed by atoms with E-state index in [0.717, 1.165) is 48.0 Å². The number of halogens is 1. The van der Waals surface area contributed by atoms with E-state index in [9.17, 15) is 4.79 Å². The summed E-state index contributed by atoms with van der Waals surface area (Å²) in [4.78, 5) is 12.3. The van der Waals surface area contributed by atoms with Crippen molar-refractivity contribution in [3.63, 3.8) is 0 Å². The van der Waals surface area contributed by atoms with Crippen LogP contribution in [-0.2, 0) is 24.2 Å². The van der Waals surface area contributed by atoms with Crippen molar-refractivity contribution in [3.8, 4) is 11.4 Å². The molecular weight excluding hydrogens is 412 g/mol. The van der Waals surface area contributed by atoms with Crippen molar-refractivity contribution in [3.05, 3.63) is 77.6 Å². The average Bonchev–Trinajstić information content (AvgIpc) is 3.46. The van der Waals surface area contributed by atoms with Gasteiger partial charge in [0.1, 0.15) is 5.75 Å². The molecule has 2 heterocycles. The van der Waals surface area contributed by atoms with E-state index < -0.39 is 0 Å². The summed E-state index contributed by atoms with van der Waals surface area (Å²) in [6.45, 7) is 2.69. The quantitative estimate of drug-likeness (QED) is 0.564. The Labute approximate surface area is 189 Å². The molecule has 0 saturated carbocycles. The van der Waals surface area contributed by atoms with Crippen LogP contribution >= 0.6 is 12.4 Å². The molecule has 31 heavy (non-hydrogen) atoms. The van der Waals surface area contributed by atoms with Gasteiger partial charge in [-0.3, -0.25) is 4.79 Å². The molecular formula is C24H29ClN4O2. The number of nitrogens with one attached hydrogen (secondary N) is 2. The number of hydrogen-bond acceptors (Lipinski definition) is 4. The molecule has 0 spiro atoms. The van der Waals surface area contributed by atoms with Crippen LogP contribution < -0.4 is 15.4 Å². The van der Waals surface area contributed by atoms with Gasteiger partial charge in [0.05, 0.1) is 25.4 Å². The van der Waals surface area contributed by atoms with Crippen LogP contribution in [0, 0.1) is 5.92 Å². The number of aromatic nitrogens is 2. The van der Waals surface area contributed by atoms with Crippen LogP contribution in [0.25, 0.3) is 5.69 Å². The third-order valence-corrected chi connectivity index (χ3v) is 5.52. The summed E-state index contributed by atoms with van der Waals surface area (Å²) in [5.74, 6) is 1.53. The van der Waals surface area contributed by atoms with Gasteiger partial charge in [-0.2, -0.15) is 5.10 Å². The van der Waals surface area contributed by atoms with Gasteiger partial charge >= 0.3 is 0 Å². The molecule has 1 aliphatic heterocycles. The third kappa shape index (κ3) is 6.32. The Morgan fingerprint density at radius 3 is 2.74 bits per heavy atom. The summed E-state index contributed by atoms with van der Waals surface area (Å²) in [5, 5.41) is 10.8. The first kappa shape index (κ1) is 22.8. The molecule has 1 amide bonds. The first-order chi connectivity index (χ1) is 14.7. The van der Waals surface area contributed by atoms with Crippen molar-refractivity contribution in [2.24, 2.45) is 5.92 Å². The fourth-order valence-corrected chi connectivity index (χ4v) is 3.81. The number of hydrogen-bond donors (Lipinski definition) is 2. The molecule has 1 aromatic heterocycles. The van der Waals surface area contributed by atoms with Crippen LogP contribution in [0.4, 0.5) is 0 Å². The zero-order valence-corrected chi connectivity index (χ0v) is 18.5. The lowest BCUT2D eigenvalue weighted by atomic mass is 9.97. The molecule has 6 nitrogen and oxygen atoms in total. The van der Waals surface area contributed by atoms with Crippen molar-refractivity contribution in [2.45, 2.75) is 25.8 Å². The molecule has 1 aliphatic rings. The second kappa shape index (κ2) is 11.0. The fourth-order valence-electron chi connectivity index (χ4n) is 3.81. The summed E-state index contributed by atoms with van der Waals surface area (Å²) in [5.41, 5.74) is 4.25. The number of methoxy groups -OCH3 is 1. The number of amides is 1. The smallest absolute Gasteiger partial charge is 0.224 e. The average molecular weight is 441 g/mol. The van der Waals surface area contributed by atoms with E-state index in [-0.39, 0.29) is 18.3 Å². The Bertz CT molecular complexity index is 981. The molecule has 1 fully saturated rings. The van der Waals surface area contributed by atoms with Gasteiger partial charge < -0.3 is 15.4 Å². The van der Waals surface area contributed by atoms with Gasteiger partial charge in [0.2, 0.25) is 5.91 Å². The standard InChI is InChI=1S/C24H28N4O2.ClH/c1-30-23-4-2-3-22(13-23)28-17-21(16-27-28)15-26-24(29)12-19-7-5-18(6-8-19)11-20-9-10-25-14-20;/h2-8,13,16-17,20,25H,9-12,14-15H2,1H3,(H,26,29);1H. The Balaban J connectivity index is 0.00000272. The summed E-state index contributed by atoms with van der Waals surface area (Å²) in [6, 6.07) is 16.1. The maximum Gasteiger partial charge on any atom is 0.224 e. The van der Waals surface area contributed by atoms with E-state index in [4.69, 9.17) is 4.74 Å². The van der Waals surface area contributed by atoms with E-state index in [1.807, 2.05) is 30.5 Å². The predicted octanol–water partition coefficient (Wildman–Crippen LogP) is 3.31. The zero-order valence-electron chi connectivity index (χ0n) is 17.7. The fraction of sp³-hybridized carbons (Fsp3) is 0.333. The molecule has 2 aromatic carbocycles. The first-order valence-electron chi connectivity index (χ1n) is 10.4. The lowest BCUT2D eigenvalue weighted by Gasteiger charge is -2.09. The lowest BCUT2D eigenvalue weighted by molar-refractivity contribution is -0.120. The van der Waals surface area contributed by atoms with Gasteiger partial charge in [0, 0.05) is 24.4 Å². The van der Waals surface area contributed by atoms with Crippen LogP contribution in [0.5, 0.6) is 5.75 Å². The molecule has 0 bridgehead atoms. The predicted molar refractivity (Wildman–Crippen MR) is 124 cm³/mol. The van der Waals surface area contributed by atoms with Gasteiger partial charge in [0.15, 0.2) is 0 Å². The molecule has 0 radical (unpaired) electrons. The minimum Gasteiger partial charge on any atom is -0.497 e. The molecule has 2 N–H and O–H groups in total. The van der Waals surface area contributed by atoms with Crippen LogP contribution in [-0.4, -0.2) is 35.9 Å². The second-order valence-corrected chi connectivity index (χ2v) is 7.83. The number of benzene rings is 2. The minimum absolute atomic E-state index is 0. The molecule has 1 saturated heterocycles. The minimum atomic E-state index is 0. The molecule has 4 rings (SSSR count). The molecule has 164 valence electrons. The van der Waals surface area contributed by atoms with Gasteiger partial charge in [-0.25, -0.2) is 4.68 Å². The monoisotopic (exact) mass is 440 g/mol. The molecule has 1 unspecified atom stereocenters. The molecule has 0 aliphatic carbocycles. The largest absolute Gasteiger partial charge is 0.497 e. The first-order valence-corrected chi connectivity index (χ1v) is 10.4. The third-order valence-electron chi connectivity index (χ3n) is 5.52. The Kier molecular flexibility index (Phi) is 8.09. The number of ether oxygens (including phenoxy) is 1. The van der Waals surface area contributed by atoms with Crippen LogP contribution in [0.3, 0.4) is 0 Å². The lowest BCUT2D eigenvalue weighted by Crippen LogP contribution is -2.24.